The summed E-state index contributed by atoms with van der Waals surface area (Å²) in [5.74, 6) is 7.55. The first kappa shape index (κ1) is 16.3. The lowest BCUT2D eigenvalue weighted by Gasteiger charge is -2.44. The van der Waals surface area contributed by atoms with E-state index in [0.717, 1.165) is 36.5 Å². The molecule has 3 N–H and O–H groups in total. The van der Waals surface area contributed by atoms with Crippen molar-refractivity contribution in [2.75, 3.05) is 14.2 Å². The number of ether oxygens (including phenoxy) is 2. The van der Waals surface area contributed by atoms with Crippen LogP contribution in [0.3, 0.4) is 0 Å². The molecule has 1 saturated carbocycles. The van der Waals surface area contributed by atoms with Gasteiger partial charge >= 0.3 is 0 Å². The van der Waals surface area contributed by atoms with E-state index in [2.05, 4.69) is 18.4 Å². The number of benzene rings is 1. The van der Waals surface area contributed by atoms with Gasteiger partial charge in [0.25, 0.3) is 0 Å². The van der Waals surface area contributed by atoms with Gasteiger partial charge in [0.15, 0.2) is 0 Å². The molecule has 118 valence electrons. The smallest absolute Gasteiger partial charge is 0.122 e. The molecule has 0 aromatic heterocycles. The highest BCUT2D eigenvalue weighted by molar-refractivity contribution is 5.34. The van der Waals surface area contributed by atoms with Crippen molar-refractivity contribution in [3.05, 3.63) is 29.8 Å². The summed E-state index contributed by atoms with van der Waals surface area (Å²) in [6.07, 6.45) is 5.29. The summed E-state index contributed by atoms with van der Waals surface area (Å²) in [6.45, 7) is 2.31. The van der Waals surface area contributed by atoms with Crippen LogP contribution in [0.5, 0.6) is 5.75 Å². The number of methoxy groups -OCH3 is 2. The first-order valence-corrected chi connectivity index (χ1v) is 7.78. The third kappa shape index (κ3) is 3.57. The molecule has 0 amide bonds. The number of hydrogen-bond donors (Lipinski definition) is 2. The van der Waals surface area contributed by atoms with Crippen molar-refractivity contribution >= 4 is 0 Å². The van der Waals surface area contributed by atoms with Crippen LogP contribution in [0, 0.1) is 5.92 Å². The Hall–Kier alpha value is -1.10. The number of hydrogen-bond acceptors (Lipinski definition) is 4. The number of nitrogens with two attached hydrogens (primary N) is 1. The fraction of sp³-hybridized carbons (Fsp3) is 0.647. The van der Waals surface area contributed by atoms with E-state index in [1.165, 1.54) is 12.8 Å². The Morgan fingerprint density at radius 1 is 1.29 bits per heavy atom. The Balaban J connectivity index is 2.18. The number of hydrazine groups is 1. The van der Waals surface area contributed by atoms with Gasteiger partial charge in [0.1, 0.15) is 5.75 Å². The fourth-order valence-corrected chi connectivity index (χ4v) is 3.43. The van der Waals surface area contributed by atoms with Gasteiger partial charge in [0.2, 0.25) is 0 Å². The molecule has 1 aromatic rings. The van der Waals surface area contributed by atoms with E-state index >= 15 is 0 Å². The largest absolute Gasteiger partial charge is 0.496 e. The molecule has 21 heavy (non-hydrogen) atoms. The predicted molar refractivity (Wildman–Crippen MR) is 85.2 cm³/mol. The minimum atomic E-state index is -0.178. The van der Waals surface area contributed by atoms with Crippen molar-refractivity contribution < 1.29 is 9.47 Å². The van der Waals surface area contributed by atoms with Crippen LogP contribution < -0.4 is 16.0 Å². The van der Waals surface area contributed by atoms with Gasteiger partial charge in [-0.2, -0.15) is 0 Å². The van der Waals surface area contributed by atoms with Gasteiger partial charge in [-0.3, -0.25) is 11.3 Å². The van der Waals surface area contributed by atoms with E-state index in [1.807, 2.05) is 25.3 Å². The van der Waals surface area contributed by atoms with E-state index in [4.69, 9.17) is 15.3 Å². The Morgan fingerprint density at radius 3 is 2.52 bits per heavy atom. The van der Waals surface area contributed by atoms with E-state index < -0.39 is 0 Å². The van der Waals surface area contributed by atoms with Crippen LogP contribution >= 0.6 is 0 Å². The molecule has 0 saturated heterocycles. The van der Waals surface area contributed by atoms with E-state index in [9.17, 15) is 0 Å². The van der Waals surface area contributed by atoms with Gasteiger partial charge in [0, 0.05) is 7.11 Å². The zero-order chi connectivity index (χ0) is 15.3. The summed E-state index contributed by atoms with van der Waals surface area (Å²) in [5, 5.41) is 0. The quantitative estimate of drug-likeness (QED) is 0.625. The molecule has 0 radical (unpaired) electrons. The Bertz CT molecular complexity index is 442. The maximum atomic E-state index is 5.94. The molecule has 1 aliphatic carbocycles. The molecule has 0 aliphatic heterocycles. The lowest BCUT2D eigenvalue weighted by molar-refractivity contribution is -0.0747. The number of nitrogens with one attached hydrogen (secondary N) is 1. The van der Waals surface area contributed by atoms with Crippen molar-refractivity contribution in [3.8, 4) is 5.75 Å². The van der Waals surface area contributed by atoms with Gasteiger partial charge < -0.3 is 9.47 Å². The molecule has 1 unspecified atom stereocenters. The highest BCUT2D eigenvalue weighted by atomic mass is 16.5. The minimum absolute atomic E-state index is 0.0892. The van der Waals surface area contributed by atoms with E-state index in [-0.39, 0.29) is 11.6 Å². The molecule has 1 aromatic carbocycles. The van der Waals surface area contributed by atoms with Crippen LogP contribution in [0.4, 0.5) is 0 Å². The molecular weight excluding hydrogens is 264 g/mol. The van der Waals surface area contributed by atoms with Crippen molar-refractivity contribution in [2.45, 2.75) is 50.7 Å². The van der Waals surface area contributed by atoms with Crippen LogP contribution in [0.15, 0.2) is 24.3 Å². The van der Waals surface area contributed by atoms with E-state index in [0.29, 0.717) is 0 Å². The van der Waals surface area contributed by atoms with Gasteiger partial charge in [-0.25, -0.2) is 0 Å². The second kappa shape index (κ2) is 7.25. The monoisotopic (exact) mass is 292 g/mol. The van der Waals surface area contributed by atoms with Gasteiger partial charge in [-0.1, -0.05) is 25.1 Å². The fourth-order valence-electron chi connectivity index (χ4n) is 3.43. The van der Waals surface area contributed by atoms with Crippen LogP contribution in [-0.2, 0) is 11.2 Å². The molecule has 4 nitrogen and oxygen atoms in total. The molecule has 0 heterocycles. The van der Waals surface area contributed by atoms with Gasteiger partial charge in [-0.15, -0.1) is 0 Å². The van der Waals surface area contributed by atoms with Crippen molar-refractivity contribution in [3.63, 3.8) is 0 Å². The maximum absolute atomic E-state index is 5.94. The Kier molecular flexibility index (Phi) is 5.62. The molecule has 0 spiro atoms. The zero-order valence-corrected chi connectivity index (χ0v) is 13.4. The second-order valence-electron chi connectivity index (χ2n) is 6.19. The zero-order valence-electron chi connectivity index (χ0n) is 13.4. The summed E-state index contributed by atoms with van der Waals surface area (Å²) in [5.41, 5.74) is 3.98. The third-order valence-corrected chi connectivity index (χ3v) is 4.98. The molecule has 1 atom stereocenters. The SMILES string of the molecule is COc1ccccc1CC(NN)C1(OC)CCC(C)CC1. The average Bonchev–Trinajstić information content (AvgIpc) is 2.54. The first-order valence-electron chi connectivity index (χ1n) is 7.78. The van der Waals surface area contributed by atoms with Crippen molar-refractivity contribution in [1.82, 2.24) is 5.43 Å². The van der Waals surface area contributed by atoms with Crippen LogP contribution in [0.1, 0.15) is 38.2 Å². The third-order valence-electron chi connectivity index (χ3n) is 4.98. The van der Waals surface area contributed by atoms with Crippen molar-refractivity contribution in [2.24, 2.45) is 11.8 Å². The van der Waals surface area contributed by atoms with Crippen molar-refractivity contribution in [1.29, 1.82) is 0 Å². The number of para-hydroxylation sites is 1. The molecule has 1 fully saturated rings. The normalized spacial score (nSPS) is 27.3. The minimum Gasteiger partial charge on any atom is -0.496 e. The van der Waals surface area contributed by atoms with Crippen LogP contribution in [-0.4, -0.2) is 25.9 Å². The molecule has 1 aliphatic rings. The molecular formula is C17H28N2O2. The Morgan fingerprint density at radius 2 is 1.95 bits per heavy atom. The topological polar surface area (TPSA) is 56.5 Å². The van der Waals surface area contributed by atoms with E-state index in [1.54, 1.807) is 7.11 Å². The van der Waals surface area contributed by atoms with Crippen LogP contribution in [0.25, 0.3) is 0 Å². The maximum Gasteiger partial charge on any atom is 0.122 e. The molecule has 0 bridgehead atoms. The molecule has 4 heteroatoms. The highest BCUT2D eigenvalue weighted by Gasteiger charge is 2.41. The average molecular weight is 292 g/mol. The predicted octanol–water partition coefficient (Wildman–Crippen LogP) is 2.66. The first-order chi connectivity index (χ1) is 10.1. The van der Waals surface area contributed by atoms with Gasteiger partial charge in [0.05, 0.1) is 18.8 Å². The number of rotatable bonds is 6. The summed E-state index contributed by atoms with van der Waals surface area (Å²) >= 11 is 0. The summed E-state index contributed by atoms with van der Waals surface area (Å²) in [7, 11) is 3.51. The summed E-state index contributed by atoms with van der Waals surface area (Å²) < 4.78 is 11.4. The summed E-state index contributed by atoms with van der Waals surface area (Å²) in [4.78, 5) is 0. The lowest BCUT2D eigenvalue weighted by Crippen LogP contribution is -2.57. The Labute approximate surface area is 128 Å². The standard InChI is InChI=1S/C17H28N2O2/c1-13-8-10-17(21-3,11-9-13)16(19-18)12-14-6-4-5-7-15(14)20-2/h4-7,13,16,19H,8-12,18H2,1-3H3. The van der Waals surface area contributed by atoms with Gasteiger partial charge in [-0.05, 0) is 49.7 Å². The highest BCUT2D eigenvalue weighted by Crippen LogP contribution is 2.38. The lowest BCUT2D eigenvalue weighted by atomic mass is 9.74. The summed E-state index contributed by atoms with van der Waals surface area (Å²) in [6, 6.07) is 8.20. The molecule has 2 rings (SSSR count). The second-order valence-corrected chi connectivity index (χ2v) is 6.19. The van der Waals surface area contributed by atoms with Crippen LogP contribution in [0.2, 0.25) is 0 Å².